The van der Waals surface area contributed by atoms with Gasteiger partial charge in [0.05, 0.1) is 0 Å². The van der Waals surface area contributed by atoms with Gasteiger partial charge in [0, 0.05) is 77.0 Å². The monoisotopic (exact) mass is 757 g/mol. The summed E-state index contributed by atoms with van der Waals surface area (Å²) in [6, 6.07) is 19.2. The first-order chi connectivity index (χ1) is 26.7. The number of aromatic nitrogens is 2. The number of urea groups is 1. The summed E-state index contributed by atoms with van der Waals surface area (Å²) in [7, 11) is 0. The van der Waals surface area contributed by atoms with Gasteiger partial charge in [-0.3, -0.25) is 24.5 Å². The number of carbonyl (C=O) groups excluding carboxylic acids is 5. The van der Waals surface area contributed by atoms with Crippen LogP contribution in [-0.4, -0.2) is 51.6 Å². The van der Waals surface area contributed by atoms with Gasteiger partial charge in [-0.25, -0.2) is 14.8 Å². The molecule has 0 spiro atoms. The number of hydrogen-bond donors (Lipinski definition) is 5. The molecule has 13 heteroatoms. The normalized spacial score (nSPS) is 20.8. The van der Waals surface area contributed by atoms with Gasteiger partial charge in [0.1, 0.15) is 10.8 Å². The van der Waals surface area contributed by atoms with E-state index in [-0.39, 0.29) is 52.6 Å². The number of ketones is 1. The Morgan fingerprint density at radius 1 is 0.782 bits per heavy atom. The quantitative estimate of drug-likeness (QED) is 0.0614. The van der Waals surface area contributed by atoms with Crippen LogP contribution >= 0.6 is 11.6 Å². The highest BCUT2D eigenvalue weighted by Crippen LogP contribution is 2.36. The van der Waals surface area contributed by atoms with Crippen molar-refractivity contribution in [2.24, 2.45) is 11.8 Å². The van der Waals surface area contributed by atoms with Crippen molar-refractivity contribution in [1.82, 2.24) is 20.6 Å². The molecule has 4 aromatic rings. The van der Waals surface area contributed by atoms with Crippen LogP contribution in [0.5, 0.6) is 0 Å². The van der Waals surface area contributed by atoms with Crippen LogP contribution in [0.2, 0.25) is 5.15 Å². The molecule has 2 aromatic carbocycles. The highest BCUT2D eigenvalue weighted by Gasteiger charge is 2.36. The van der Waals surface area contributed by atoms with Gasteiger partial charge in [-0.05, 0) is 111 Å². The minimum atomic E-state index is -0.458. The summed E-state index contributed by atoms with van der Waals surface area (Å²) < 4.78 is 0. The number of nitrogens with one attached hydrogen (secondary N) is 5. The minimum Gasteiger partial charge on any atom is -0.382 e. The molecule has 1 saturated heterocycles. The average Bonchev–Trinajstić information content (AvgIpc) is 3.34. The summed E-state index contributed by atoms with van der Waals surface area (Å²) in [5, 5.41) is 15.0. The van der Waals surface area contributed by atoms with Crippen molar-refractivity contribution in [2.75, 3.05) is 16.0 Å². The SMILES string of the molecule is O=C1CCC(C2CCC(=O)c3c(cccc3NC3CCC(NC(=O)c4cccc(C#Cc5cc(NC(=O)Nc6ccnc(Cl)c6)ccn5)c4)CC3)C2)C(=O)N1. The first kappa shape index (κ1) is 37.3. The van der Waals surface area contributed by atoms with Gasteiger partial charge in [-0.15, -0.1) is 0 Å². The van der Waals surface area contributed by atoms with E-state index in [9.17, 15) is 24.0 Å². The second-order valence-corrected chi connectivity index (χ2v) is 14.6. The number of halogens is 1. The van der Waals surface area contributed by atoms with Crippen molar-refractivity contribution in [3.63, 3.8) is 0 Å². The lowest BCUT2D eigenvalue weighted by molar-refractivity contribution is -0.137. The summed E-state index contributed by atoms with van der Waals surface area (Å²) in [5.74, 6) is 5.27. The van der Waals surface area contributed by atoms with E-state index in [4.69, 9.17) is 11.6 Å². The van der Waals surface area contributed by atoms with Crippen molar-refractivity contribution in [3.8, 4) is 11.8 Å². The lowest BCUT2D eigenvalue weighted by atomic mass is 9.80. The van der Waals surface area contributed by atoms with Gasteiger partial charge in [0.2, 0.25) is 11.8 Å². The maximum absolute atomic E-state index is 13.4. The van der Waals surface area contributed by atoms with Crippen LogP contribution in [0.3, 0.4) is 0 Å². The zero-order chi connectivity index (χ0) is 38.3. The second-order valence-electron chi connectivity index (χ2n) is 14.2. The molecule has 2 fully saturated rings. The maximum Gasteiger partial charge on any atom is 0.323 e. The molecule has 280 valence electrons. The second kappa shape index (κ2) is 17.0. The van der Waals surface area contributed by atoms with Crippen LogP contribution < -0.4 is 26.6 Å². The van der Waals surface area contributed by atoms with E-state index in [2.05, 4.69) is 48.4 Å². The van der Waals surface area contributed by atoms with E-state index >= 15 is 0 Å². The summed E-state index contributed by atoms with van der Waals surface area (Å²) in [6.07, 6.45) is 8.74. The Kier molecular flexibility index (Phi) is 11.5. The van der Waals surface area contributed by atoms with Gasteiger partial charge in [0.15, 0.2) is 5.78 Å². The average molecular weight is 758 g/mol. The summed E-state index contributed by atoms with van der Waals surface area (Å²) in [5.41, 5.74) is 5.08. The summed E-state index contributed by atoms with van der Waals surface area (Å²) >= 11 is 5.89. The van der Waals surface area contributed by atoms with Crippen molar-refractivity contribution in [2.45, 2.75) is 69.9 Å². The van der Waals surface area contributed by atoms with E-state index in [1.807, 2.05) is 24.3 Å². The third-order valence-electron chi connectivity index (χ3n) is 10.4. The Morgan fingerprint density at radius 3 is 2.31 bits per heavy atom. The topological polar surface area (TPSA) is 171 Å². The number of hydrogen-bond acceptors (Lipinski definition) is 8. The van der Waals surface area contributed by atoms with Gasteiger partial charge in [-0.1, -0.05) is 35.7 Å². The standard InChI is InChI=1S/C42H40ClN7O5/c43-37-24-33(18-20-45-37)49-42(55)48-32-17-19-44-31(23-32)9-7-25-3-1-5-28(21-25)40(53)47-30-12-10-29(11-13-30)46-35-6-2-4-27-22-26(8-15-36(51)39(27)35)34-14-16-38(52)50-41(34)54/h1-6,17-21,23-24,26,29-30,34,46H,8,10-16,22H2,(H,47,53)(H,50,52,54)(H2,44,45,48,49,55). The van der Waals surface area contributed by atoms with E-state index in [0.717, 1.165) is 36.9 Å². The molecule has 2 aromatic heterocycles. The summed E-state index contributed by atoms with van der Waals surface area (Å²) in [4.78, 5) is 71.6. The molecule has 12 nitrogen and oxygen atoms in total. The van der Waals surface area contributed by atoms with Gasteiger partial charge >= 0.3 is 6.03 Å². The van der Waals surface area contributed by atoms with Crippen LogP contribution in [0.25, 0.3) is 0 Å². The fourth-order valence-electron chi connectivity index (χ4n) is 7.64. The molecule has 5 amide bonds. The summed E-state index contributed by atoms with van der Waals surface area (Å²) in [6.45, 7) is 0. The third-order valence-corrected chi connectivity index (χ3v) is 10.6. The first-order valence-electron chi connectivity index (χ1n) is 18.5. The molecule has 1 aliphatic heterocycles. The highest BCUT2D eigenvalue weighted by atomic mass is 35.5. The Morgan fingerprint density at radius 2 is 1.53 bits per heavy atom. The molecule has 7 rings (SSSR count). The Labute approximate surface area is 323 Å². The number of anilines is 3. The van der Waals surface area contributed by atoms with E-state index in [1.165, 1.54) is 12.3 Å². The van der Waals surface area contributed by atoms with Crippen LogP contribution in [-0.2, 0) is 16.0 Å². The zero-order valence-electron chi connectivity index (χ0n) is 30.0. The largest absolute Gasteiger partial charge is 0.382 e. The molecule has 3 heterocycles. The van der Waals surface area contributed by atoms with Crippen LogP contribution in [0.4, 0.5) is 21.9 Å². The number of carbonyl (C=O) groups is 5. The Balaban J connectivity index is 0.914. The molecule has 0 bridgehead atoms. The van der Waals surface area contributed by atoms with Gasteiger partial charge in [-0.2, -0.15) is 0 Å². The number of rotatable bonds is 7. The Hall–Kier alpha value is -6.06. The molecular formula is C42H40ClN7O5. The first-order valence-corrected chi connectivity index (χ1v) is 18.9. The van der Waals surface area contributed by atoms with E-state index in [0.29, 0.717) is 65.9 Å². The molecule has 55 heavy (non-hydrogen) atoms. The number of imide groups is 1. The van der Waals surface area contributed by atoms with Crippen molar-refractivity contribution < 1.29 is 24.0 Å². The van der Waals surface area contributed by atoms with Crippen molar-refractivity contribution in [1.29, 1.82) is 0 Å². The molecule has 2 atom stereocenters. The van der Waals surface area contributed by atoms with Crippen molar-refractivity contribution >= 4 is 58.2 Å². The predicted molar refractivity (Wildman–Crippen MR) is 209 cm³/mol. The molecule has 3 aliphatic rings. The zero-order valence-corrected chi connectivity index (χ0v) is 30.7. The van der Waals surface area contributed by atoms with Crippen LogP contribution in [0, 0.1) is 23.7 Å². The number of Topliss-reactive ketones (excluding diaryl/α,β-unsaturated/α-hetero) is 1. The predicted octanol–water partition coefficient (Wildman–Crippen LogP) is 6.51. The minimum absolute atomic E-state index is 0.0104. The van der Waals surface area contributed by atoms with E-state index < -0.39 is 6.03 Å². The van der Waals surface area contributed by atoms with Crippen LogP contribution in [0.1, 0.15) is 88.9 Å². The van der Waals surface area contributed by atoms with Gasteiger partial charge < -0.3 is 21.3 Å². The third kappa shape index (κ3) is 9.55. The number of piperidine rings is 1. The number of fused-ring (bicyclic) bond motifs is 1. The maximum atomic E-state index is 13.4. The molecule has 0 radical (unpaired) electrons. The lowest BCUT2D eigenvalue weighted by Crippen LogP contribution is -2.44. The van der Waals surface area contributed by atoms with Crippen LogP contribution in [0.15, 0.2) is 79.1 Å². The molecule has 2 unspecified atom stereocenters. The van der Waals surface area contributed by atoms with Crippen molar-refractivity contribution in [3.05, 3.63) is 112 Å². The fourth-order valence-corrected chi connectivity index (χ4v) is 7.82. The van der Waals surface area contributed by atoms with Gasteiger partial charge in [0.25, 0.3) is 5.91 Å². The number of pyridine rings is 2. The molecule has 5 N–H and O–H groups in total. The molecule has 1 saturated carbocycles. The fraction of sp³-hybridized carbons (Fsp3) is 0.310. The highest BCUT2D eigenvalue weighted by molar-refractivity contribution is 6.29. The lowest BCUT2D eigenvalue weighted by Gasteiger charge is -2.31. The number of amides is 5. The molecule has 2 aliphatic carbocycles. The smallest absolute Gasteiger partial charge is 0.323 e. The number of nitrogens with zero attached hydrogens (tertiary/aromatic N) is 2. The molecular weight excluding hydrogens is 718 g/mol. The number of benzene rings is 2. The van der Waals surface area contributed by atoms with E-state index in [1.54, 1.807) is 42.6 Å². The Bertz CT molecular complexity index is 2210.